The van der Waals surface area contributed by atoms with E-state index in [9.17, 15) is 22.8 Å². The summed E-state index contributed by atoms with van der Waals surface area (Å²) in [6, 6.07) is 21.9. The molecular formula is C31H30F3N3O2. The number of halogens is 3. The summed E-state index contributed by atoms with van der Waals surface area (Å²) in [4.78, 5) is 29.8. The first-order valence-corrected chi connectivity index (χ1v) is 13.1. The Morgan fingerprint density at radius 3 is 2.18 bits per heavy atom. The highest BCUT2D eigenvalue weighted by Gasteiger charge is 2.50. The van der Waals surface area contributed by atoms with Crippen molar-refractivity contribution in [2.24, 2.45) is 0 Å². The third kappa shape index (κ3) is 5.03. The molecule has 202 valence electrons. The van der Waals surface area contributed by atoms with E-state index < -0.39 is 18.1 Å². The minimum Gasteiger partial charge on any atom is -0.372 e. The normalized spacial score (nSPS) is 19.1. The number of rotatable bonds is 5. The van der Waals surface area contributed by atoms with Crippen LogP contribution in [0.2, 0.25) is 0 Å². The maximum atomic E-state index is 14.1. The van der Waals surface area contributed by atoms with Gasteiger partial charge in [0.05, 0.1) is 17.4 Å². The average Bonchev–Trinajstić information content (AvgIpc) is 3.08. The fraction of sp³-hybridized carbons (Fsp3) is 0.290. The summed E-state index contributed by atoms with van der Waals surface area (Å²) >= 11 is 0. The minimum atomic E-state index is -5.14. The number of anilines is 3. The van der Waals surface area contributed by atoms with Gasteiger partial charge in [0.2, 0.25) is 0 Å². The average molecular weight is 534 g/mol. The van der Waals surface area contributed by atoms with Crippen molar-refractivity contribution in [3.8, 4) is 0 Å². The Hall–Kier alpha value is -4.07. The maximum absolute atomic E-state index is 14.1. The molecule has 1 aliphatic heterocycles. The van der Waals surface area contributed by atoms with Gasteiger partial charge in [-0.25, -0.2) is 0 Å². The third-order valence-corrected chi connectivity index (χ3v) is 7.56. The number of alkyl halides is 3. The number of carbonyl (C=O) groups excluding carboxylic acids is 2. The van der Waals surface area contributed by atoms with Crippen molar-refractivity contribution >= 4 is 28.8 Å². The van der Waals surface area contributed by atoms with Crippen LogP contribution >= 0.6 is 0 Å². The fourth-order valence-electron chi connectivity index (χ4n) is 5.68. The number of nitrogens with one attached hydrogen (secondary N) is 1. The van der Waals surface area contributed by atoms with Gasteiger partial charge in [-0.2, -0.15) is 13.2 Å². The van der Waals surface area contributed by atoms with E-state index in [1.54, 1.807) is 30.3 Å². The van der Waals surface area contributed by atoms with Crippen molar-refractivity contribution in [1.82, 2.24) is 0 Å². The summed E-state index contributed by atoms with van der Waals surface area (Å²) in [5.74, 6) is -2.42. The molecule has 0 spiro atoms. The maximum Gasteiger partial charge on any atom is 0.471 e. The molecule has 5 rings (SSSR count). The highest BCUT2D eigenvalue weighted by Crippen LogP contribution is 2.48. The number of nitrogens with zero attached hydrogens (tertiary/aromatic N) is 2. The molecule has 0 saturated carbocycles. The second-order valence-electron chi connectivity index (χ2n) is 9.81. The first-order chi connectivity index (χ1) is 18.7. The lowest BCUT2D eigenvalue weighted by atomic mass is 9.78. The quantitative estimate of drug-likeness (QED) is 0.384. The van der Waals surface area contributed by atoms with E-state index in [2.05, 4.69) is 10.2 Å². The molecule has 1 amide bonds. The summed E-state index contributed by atoms with van der Waals surface area (Å²) < 4.78 is 42.3. The molecule has 1 heterocycles. The molecule has 0 bridgehead atoms. The molecule has 0 unspecified atom stereocenters. The molecule has 2 atom stereocenters. The van der Waals surface area contributed by atoms with Crippen LogP contribution in [0.15, 0.2) is 90.1 Å². The number of carbonyl (C=O) groups is 2. The number of fused-ring (bicyclic) bond motifs is 1. The van der Waals surface area contributed by atoms with Crippen LogP contribution in [0.3, 0.4) is 0 Å². The molecule has 0 fully saturated rings. The van der Waals surface area contributed by atoms with Crippen LogP contribution in [0.1, 0.15) is 49.8 Å². The summed E-state index contributed by atoms with van der Waals surface area (Å²) in [6.07, 6.45) is -4.56. The van der Waals surface area contributed by atoms with Gasteiger partial charge in [-0.05, 0) is 61.6 Å². The van der Waals surface area contributed by atoms with E-state index in [1.807, 2.05) is 56.3 Å². The highest BCUT2D eigenvalue weighted by molar-refractivity contribution is 6.07. The summed E-state index contributed by atoms with van der Waals surface area (Å²) in [7, 11) is 0. The van der Waals surface area contributed by atoms with Gasteiger partial charge in [-0.15, -0.1) is 0 Å². The van der Waals surface area contributed by atoms with Crippen LogP contribution in [0, 0.1) is 0 Å². The Labute approximate surface area is 225 Å². The van der Waals surface area contributed by atoms with Gasteiger partial charge in [0.1, 0.15) is 0 Å². The Morgan fingerprint density at radius 1 is 0.897 bits per heavy atom. The Balaban J connectivity index is 1.71. The summed E-state index contributed by atoms with van der Waals surface area (Å²) in [6.45, 7) is 5.58. The van der Waals surface area contributed by atoms with Crippen LogP contribution in [-0.2, 0) is 9.59 Å². The van der Waals surface area contributed by atoms with Gasteiger partial charge >= 0.3 is 12.1 Å². The summed E-state index contributed by atoms with van der Waals surface area (Å²) in [5.41, 5.74) is 3.52. The zero-order valence-electron chi connectivity index (χ0n) is 21.8. The number of amides is 1. The monoisotopic (exact) mass is 533 g/mol. The van der Waals surface area contributed by atoms with Crippen LogP contribution < -0.4 is 15.1 Å². The van der Waals surface area contributed by atoms with Crippen LogP contribution in [0.4, 0.5) is 30.2 Å². The number of para-hydroxylation sites is 2. The predicted molar refractivity (Wildman–Crippen MR) is 147 cm³/mol. The molecule has 0 aromatic heterocycles. The first-order valence-electron chi connectivity index (χ1n) is 13.1. The van der Waals surface area contributed by atoms with Crippen molar-refractivity contribution in [2.45, 2.75) is 44.8 Å². The number of ketones is 1. The lowest BCUT2D eigenvalue weighted by Crippen LogP contribution is -2.45. The predicted octanol–water partition coefficient (Wildman–Crippen LogP) is 7.00. The highest BCUT2D eigenvalue weighted by atomic mass is 19.4. The number of Topliss-reactive ketones (excluding diaryl/α,β-unsaturated/α-hetero) is 1. The van der Waals surface area contributed by atoms with Crippen LogP contribution in [0.25, 0.3) is 0 Å². The SMILES string of the molecule is CCN(CC)c1ccc([C@@H]2C3=C(C[C@@H](c4ccccc4)CC3=O)Nc3ccccc3N2C(=O)C(F)(F)F)cc1. The molecule has 8 heteroatoms. The standard InChI is InChI=1S/C31H30F3N3O2/c1-3-36(4-2)23-16-14-21(15-17-23)29-28-25(18-22(19-27(28)38)20-10-6-5-7-11-20)35-24-12-8-9-13-26(24)37(29)30(39)31(32,33)34/h5-17,22,29,35H,3-4,18-19H2,1-2H3/t22-,29-/m1/s1. The molecule has 5 nitrogen and oxygen atoms in total. The van der Waals surface area contributed by atoms with Gasteiger partial charge in [0.25, 0.3) is 0 Å². The molecule has 39 heavy (non-hydrogen) atoms. The molecule has 1 N–H and O–H groups in total. The number of hydrogen-bond donors (Lipinski definition) is 1. The molecule has 2 aliphatic rings. The molecule has 0 saturated heterocycles. The minimum absolute atomic E-state index is 0.0797. The smallest absolute Gasteiger partial charge is 0.372 e. The Kier molecular flexibility index (Phi) is 7.21. The van der Waals surface area contributed by atoms with Crippen molar-refractivity contribution < 1.29 is 22.8 Å². The van der Waals surface area contributed by atoms with Crippen molar-refractivity contribution in [1.29, 1.82) is 0 Å². The van der Waals surface area contributed by atoms with E-state index in [4.69, 9.17) is 0 Å². The first kappa shape index (κ1) is 26.5. The van der Waals surface area contributed by atoms with Gasteiger partial charge in [-0.3, -0.25) is 14.5 Å². The van der Waals surface area contributed by atoms with Gasteiger partial charge in [0, 0.05) is 36.5 Å². The zero-order valence-corrected chi connectivity index (χ0v) is 21.8. The van der Waals surface area contributed by atoms with E-state index in [1.165, 1.54) is 6.07 Å². The van der Waals surface area contributed by atoms with Crippen LogP contribution in [0.5, 0.6) is 0 Å². The fourth-order valence-corrected chi connectivity index (χ4v) is 5.68. The number of allylic oxidation sites excluding steroid dienone is 1. The van der Waals surface area contributed by atoms with E-state index in [0.717, 1.165) is 29.2 Å². The third-order valence-electron chi connectivity index (χ3n) is 7.56. The topological polar surface area (TPSA) is 52.7 Å². The van der Waals surface area contributed by atoms with Gasteiger partial charge in [-0.1, -0.05) is 54.6 Å². The molecule has 3 aromatic carbocycles. The Bertz CT molecular complexity index is 1400. The van der Waals surface area contributed by atoms with E-state index >= 15 is 0 Å². The second-order valence-corrected chi connectivity index (χ2v) is 9.81. The van der Waals surface area contributed by atoms with Gasteiger partial charge in [0.15, 0.2) is 5.78 Å². The second kappa shape index (κ2) is 10.6. The molecular weight excluding hydrogens is 503 g/mol. The summed E-state index contributed by atoms with van der Waals surface area (Å²) in [5, 5.41) is 3.26. The number of hydrogen-bond acceptors (Lipinski definition) is 4. The van der Waals surface area contributed by atoms with E-state index in [-0.39, 0.29) is 29.4 Å². The number of benzene rings is 3. The van der Waals surface area contributed by atoms with Gasteiger partial charge < -0.3 is 10.2 Å². The van der Waals surface area contributed by atoms with E-state index in [0.29, 0.717) is 23.4 Å². The largest absolute Gasteiger partial charge is 0.471 e. The lowest BCUT2D eigenvalue weighted by Gasteiger charge is -2.35. The molecule has 0 radical (unpaired) electrons. The van der Waals surface area contributed by atoms with Crippen molar-refractivity contribution in [2.75, 3.05) is 28.2 Å². The van der Waals surface area contributed by atoms with Crippen LogP contribution in [-0.4, -0.2) is 31.0 Å². The Morgan fingerprint density at radius 2 is 1.54 bits per heavy atom. The molecule has 1 aliphatic carbocycles. The van der Waals surface area contributed by atoms with Crippen molar-refractivity contribution in [3.05, 3.63) is 101 Å². The molecule has 3 aromatic rings. The van der Waals surface area contributed by atoms with Crippen molar-refractivity contribution in [3.63, 3.8) is 0 Å². The zero-order chi connectivity index (χ0) is 27.7. The lowest BCUT2D eigenvalue weighted by molar-refractivity contribution is -0.170.